The molecule has 0 bridgehead atoms. The van der Waals surface area contributed by atoms with Crippen molar-refractivity contribution in [2.24, 2.45) is 0 Å². The molecule has 1 aliphatic heterocycles. The van der Waals surface area contributed by atoms with Crippen molar-refractivity contribution in [1.29, 1.82) is 0 Å². The van der Waals surface area contributed by atoms with Gasteiger partial charge in [0.1, 0.15) is 0 Å². The van der Waals surface area contributed by atoms with Crippen LogP contribution in [0.4, 0.5) is 11.4 Å². The van der Waals surface area contributed by atoms with Crippen molar-refractivity contribution in [3.8, 4) is 0 Å². The van der Waals surface area contributed by atoms with Gasteiger partial charge in [-0.25, -0.2) is 0 Å². The van der Waals surface area contributed by atoms with Crippen LogP contribution >= 0.6 is 0 Å². The third kappa shape index (κ3) is 2.73. The minimum atomic E-state index is -0.155. The predicted octanol–water partition coefficient (Wildman–Crippen LogP) is 2.76. The molecule has 0 saturated heterocycles. The van der Waals surface area contributed by atoms with Crippen LogP contribution in [0.2, 0.25) is 0 Å². The van der Waals surface area contributed by atoms with Gasteiger partial charge in [0, 0.05) is 30.9 Å². The second-order valence-corrected chi connectivity index (χ2v) is 7.01. The highest BCUT2D eigenvalue weighted by Gasteiger charge is 2.34. The third-order valence-corrected chi connectivity index (χ3v) is 5.13. The van der Waals surface area contributed by atoms with E-state index in [1.807, 2.05) is 6.07 Å². The van der Waals surface area contributed by atoms with Gasteiger partial charge in [-0.3, -0.25) is 0 Å². The van der Waals surface area contributed by atoms with Crippen molar-refractivity contribution in [2.45, 2.75) is 13.2 Å². The molecule has 1 heterocycles. The number of rotatable bonds is 4. The van der Waals surface area contributed by atoms with Crippen LogP contribution in [0.15, 0.2) is 54.6 Å². The van der Waals surface area contributed by atoms with E-state index in [0.717, 1.165) is 16.7 Å². The Morgan fingerprint density at radius 3 is 2.42 bits per heavy atom. The molecule has 5 heteroatoms. The largest absolute Gasteiger partial charge is 0.452 e. The monoisotopic (exact) mass is 346 g/mol. The van der Waals surface area contributed by atoms with Gasteiger partial charge in [-0.2, -0.15) is 0 Å². The lowest BCUT2D eigenvalue weighted by Crippen LogP contribution is -2.46. The molecular weight excluding hydrogens is 323 g/mol. The number of anilines is 2. The molecule has 0 aromatic heterocycles. The van der Waals surface area contributed by atoms with Crippen molar-refractivity contribution in [3.05, 3.63) is 65.7 Å². The van der Waals surface area contributed by atoms with Gasteiger partial charge in [-0.1, -0.05) is 42.5 Å². The molecule has 4 nitrogen and oxygen atoms in total. The molecule has 0 fully saturated rings. The zero-order valence-electron chi connectivity index (χ0n) is 15.4. The van der Waals surface area contributed by atoms with Crippen LogP contribution in [0.3, 0.4) is 0 Å². The topological polar surface area (TPSA) is 35.9 Å². The summed E-state index contributed by atoms with van der Waals surface area (Å²) in [4.78, 5) is 4.34. The molecule has 0 spiro atoms. The molecule has 26 heavy (non-hydrogen) atoms. The fourth-order valence-electron chi connectivity index (χ4n) is 3.78. The standard InChI is InChI=1S/C21H23BN2O2/c1-23(2)19-8-4-6-16-7-5-9-20(21(16)19)24(3)22-18-12-15(13-25)10-11-17(18)14-26-22/h4-12,25H,13-14H2,1-3H3. The van der Waals surface area contributed by atoms with E-state index < -0.39 is 0 Å². The van der Waals surface area contributed by atoms with E-state index in [1.165, 1.54) is 22.0 Å². The molecule has 0 radical (unpaired) electrons. The van der Waals surface area contributed by atoms with Gasteiger partial charge in [0.2, 0.25) is 0 Å². The van der Waals surface area contributed by atoms with Gasteiger partial charge >= 0.3 is 7.05 Å². The summed E-state index contributed by atoms with van der Waals surface area (Å²) in [5, 5.41) is 11.9. The normalized spacial score (nSPS) is 13.2. The maximum Gasteiger partial charge on any atom is 0.452 e. The maximum absolute atomic E-state index is 9.49. The van der Waals surface area contributed by atoms with E-state index >= 15 is 0 Å². The summed E-state index contributed by atoms with van der Waals surface area (Å²) in [5.41, 5.74) is 5.57. The number of aliphatic hydroxyl groups excluding tert-OH is 1. The number of hydrogen-bond donors (Lipinski definition) is 1. The SMILES string of the molecule is CN(C)c1cccc2cccc(N(C)B3OCc4ccc(CO)cc43)c12. The number of fused-ring (bicyclic) bond motifs is 2. The Bertz CT molecular complexity index is 953. The lowest BCUT2D eigenvalue weighted by Gasteiger charge is -2.27. The molecule has 4 rings (SSSR count). The lowest BCUT2D eigenvalue weighted by atomic mass is 9.70. The number of hydrogen-bond acceptors (Lipinski definition) is 4. The average molecular weight is 346 g/mol. The summed E-state index contributed by atoms with van der Waals surface area (Å²) in [6.45, 7) is 0.643. The molecule has 0 unspecified atom stereocenters. The molecule has 3 aromatic carbocycles. The summed E-state index contributed by atoms with van der Waals surface area (Å²) >= 11 is 0. The number of nitrogens with zero attached hydrogens (tertiary/aromatic N) is 2. The number of benzene rings is 3. The maximum atomic E-state index is 9.49. The van der Waals surface area contributed by atoms with Gasteiger partial charge in [-0.15, -0.1) is 0 Å². The Hall–Kier alpha value is -2.50. The van der Waals surface area contributed by atoms with Crippen molar-refractivity contribution >= 4 is 34.7 Å². The molecule has 1 N–H and O–H groups in total. The van der Waals surface area contributed by atoms with Gasteiger partial charge < -0.3 is 19.5 Å². The fraction of sp³-hybridized carbons (Fsp3) is 0.238. The first-order valence-corrected chi connectivity index (χ1v) is 8.86. The summed E-state index contributed by atoms with van der Waals surface area (Å²) in [5.74, 6) is 0. The lowest BCUT2D eigenvalue weighted by molar-refractivity contribution is 0.282. The summed E-state index contributed by atoms with van der Waals surface area (Å²) in [6, 6.07) is 18.8. The molecular formula is C21H23BN2O2. The second-order valence-electron chi connectivity index (χ2n) is 7.01. The van der Waals surface area contributed by atoms with Crippen LogP contribution in [0.1, 0.15) is 11.1 Å². The van der Waals surface area contributed by atoms with Gasteiger partial charge in [0.15, 0.2) is 0 Å². The molecule has 0 atom stereocenters. The first-order chi connectivity index (χ1) is 12.6. The van der Waals surface area contributed by atoms with Crippen molar-refractivity contribution in [1.82, 2.24) is 0 Å². The predicted molar refractivity (Wildman–Crippen MR) is 109 cm³/mol. The molecule has 1 aliphatic rings. The van der Waals surface area contributed by atoms with Gasteiger partial charge in [0.25, 0.3) is 0 Å². The Morgan fingerprint density at radius 2 is 1.73 bits per heavy atom. The molecule has 132 valence electrons. The first kappa shape index (κ1) is 16.9. The quantitative estimate of drug-likeness (QED) is 0.737. The molecule has 3 aromatic rings. The second kappa shape index (κ2) is 6.67. The van der Waals surface area contributed by atoms with Crippen LogP contribution in [0.25, 0.3) is 10.8 Å². The van der Waals surface area contributed by atoms with Crippen LogP contribution < -0.4 is 15.2 Å². The first-order valence-electron chi connectivity index (χ1n) is 8.86. The van der Waals surface area contributed by atoms with Crippen molar-refractivity contribution in [2.75, 3.05) is 30.9 Å². The molecule has 0 amide bonds. The zero-order valence-corrected chi connectivity index (χ0v) is 15.4. The van der Waals surface area contributed by atoms with E-state index in [-0.39, 0.29) is 13.7 Å². The minimum absolute atomic E-state index is 0.0444. The van der Waals surface area contributed by atoms with E-state index in [1.54, 1.807) is 0 Å². The van der Waals surface area contributed by atoms with E-state index in [2.05, 4.69) is 79.4 Å². The third-order valence-electron chi connectivity index (χ3n) is 5.13. The zero-order chi connectivity index (χ0) is 18.3. The van der Waals surface area contributed by atoms with Crippen molar-refractivity contribution < 1.29 is 9.76 Å². The Kier molecular flexibility index (Phi) is 4.35. The van der Waals surface area contributed by atoms with Crippen LogP contribution in [0, 0.1) is 0 Å². The average Bonchev–Trinajstić information content (AvgIpc) is 3.09. The molecule has 0 aliphatic carbocycles. The van der Waals surface area contributed by atoms with E-state index in [0.29, 0.717) is 6.61 Å². The highest BCUT2D eigenvalue weighted by atomic mass is 16.4. The Morgan fingerprint density at radius 1 is 1.00 bits per heavy atom. The van der Waals surface area contributed by atoms with E-state index in [9.17, 15) is 5.11 Å². The summed E-state index contributed by atoms with van der Waals surface area (Å²) in [6.07, 6.45) is 0. The van der Waals surface area contributed by atoms with Crippen LogP contribution in [0.5, 0.6) is 0 Å². The van der Waals surface area contributed by atoms with Crippen LogP contribution in [-0.2, 0) is 17.9 Å². The Balaban J connectivity index is 1.83. The molecule has 0 saturated carbocycles. The minimum Gasteiger partial charge on any atom is -0.409 e. The van der Waals surface area contributed by atoms with Crippen molar-refractivity contribution in [3.63, 3.8) is 0 Å². The highest BCUT2D eigenvalue weighted by molar-refractivity contribution is 6.72. The number of aliphatic hydroxyl groups is 1. The summed E-state index contributed by atoms with van der Waals surface area (Å²) < 4.78 is 6.12. The summed E-state index contributed by atoms with van der Waals surface area (Å²) in [7, 11) is 6.06. The Labute approximate surface area is 154 Å². The highest BCUT2D eigenvalue weighted by Crippen LogP contribution is 2.35. The van der Waals surface area contributed by atoms with Gasteiger partial charge in [-0.05, 0) is 41.2 Å². The van der Waals surface area contributed by atoms with Crippen LogP contribution in [-0.4, -0.2) is 33.3 Å². The smallest absolute Gasteiger partial charge is 0.409 e. The fourth-order valence-corrected chi connectivity index (χ4v) is 3.78. The van der Waals surface area contributed by atoms with E-state index in [4.69, 9.17) is 4.65 Å². The van der Waals surface area contributed by atoms with Gasteiger partial charge in [0.05, 0.1) is 13.2 Å².